The van der Waals surface area contributed by atoms with Crippen LogP contribution in [0.25, 0.3) is 0 Å². The van der Waals surface area contributed by atoms with Crippen molar-refractivity contribution in [2.45, 2.75) is 6.54 Å². The fourth-order valence-electron chi connectivity index (χ4n) is 2.47. The Morgan fingerprint density at radius 1 is 1.22 bits per heavy atom. The number of benzene rings is 1. The van der Waals surface area contributed by atoms with E-state index in [-0.39, 0.29) is 6.03 Å². The molecule has 1 saturated heterocycles. The summed E-state index contributed by atoms with van der Waals surface area (Å²) in [5.41, 5.74) is 2.02. The van der Waals surface area contributed by atoms with Crippen LogP contribution >= 0.6 is 11.8 Å². The number of aromatic nitrogens is 2. The highest BCUT2D eigenvalue weighted by atomic mass is 32.2. The Morgan fingerprint density at radius 3 is 2.70 bits per heavy atom. The molecule has 23 heavy (non-hydrogen) atoms. The smallest absolute Gasteiger partial charge is 0.319 e. The minimum Gasteiger partial charge on any atom is -0.370 e. The number of nitrogens with zero attached hydrogens (tertiary/aromatic N) is 3. The Bertz CT molecular complexity index is 608. The first-order chi connectivity index (χ1) is 11.3. The number of thioether (sulfide) groups is 1. The summed E-state index contributed by atoms with van der Waals surface area (Å²) in [7, 11) is 0. The van der Waals surface area contributed by atoms with E-state index in [1.54, 1.807) is 12.5 Å². The van der Waals surface area contributed by atoms with Gasteiger partial charge in [-0.25, -0.2) is 9.78 Å². The standard InChI is InChI=1S/C16H21N5OS/c22-16(18-6-8-20-7-5-17-13-20)19-14-1-3-15(4-2-14)21-9-11-23-12-10-21/h1-5,7,13H,6,8-12H2,(H2,18,19,22). The average molecular weight is 331 g/mol. The van der Waals surface area contributed by atoms with Crippen molar-refractivity contribution < 1.29 is 4.79 Å². The van der Waals surface area contributed by atoms with Crippen LogP contribution in [-0.4, -0.2) is 46.7 Å². The Kier molecular flexibility index (Phi) is 5.42. The molecule has 1 fully saturated rings. The van der Waals surface area contributed by atoms with Gasteiger partial charge in [-0.15, -0.1) is 0 Å². The minimum atomic E-state index is -0.188. The van der Waals surface area contributed by atoms with E-state index in [1.807, 2.05) is 34.7 Å². The van der Waals surface area contributed by atoms with Gasteiger partial charge < -0.3 is 20.1 Å². The van der Waals surface area contributed by atoms with Gasteiger partial charge >= 0.3 is 6.03 Å². The molecule has 2 aromatic rings. The molecule has 6 nitrogen and oxygen atoms in total. The van der Waals surface area contributed by atoms with E-state index in [1.165, 1.54) is 17.2 Å². The molecule has 1 aromatic carbocycles. The molecule has 0 bridgehead atoms. The Hall–Kier alpha value is -2.15. The van der Waals surface area contributed by atoms with E-state index in [2.05, 4.69) is 32.7 Å². The van der Waals surface area contributed by atoms with Crippen LogP contribution < -0.4 is 15.5 Å². The highest BCUT2D eigenvalue weighted by Gasteiger charge is 2.11. The predicted molar refractivity (Wildman–Crippen MR) is 95.2 cm³/mol. The first-order valence-corrected chi connectivity index (χ1v) is 8.90. The molecule has 0 atom stereocenters. The maximum absolute atomic E-state index is 11.9. The number of carbonyl (C=O) groups is 1. The van der Waals surface area contributed by atoms with E-state index in [0.717, 1.165) is 18.8 Å². The minimum absolute atomic E-state index is 0.188. The van der Waals surface area contributed by atoms with Gasteiger partial charge in [0.1, 0.15) is 0 Å². The van der Waals surface area contributed by atoms with Crippen molar-refractivity contribution in [1.29, 1.82) is 0 Å². The molecule has 0 radical (unpaired) electrons. The molecule has 1 aromatic heterocycles. The number of amides is 2. The van der Waals surface area contributed by atoms with Gasteiger partial charge in [0.2, 0.25) is 0 Å². The number of hydrogen-bond donors (Lipinski definition) is 2. The van der Waals surface area contributed by atoms with Crippen molar-refractivity contribution in [3.8, 4) is 0 Å². The van der Waals surface area contributed by atoms with Gasteiger partial charge in [0.05, 0.1) is 6.33 Å². The van der Waals surface area contributed by atoms with Crippen molar-refractivity contribution in [3.05, 3.63) is 43.0 Å². The van der Waals surface area contributed by atoms with E-state index < -0.39 is 0 Å². The quantitative estimate of drug-likeness (QED) is 0.882. The monoisotopic (exact) mass is 331 g/mol. The summed E-state index contributed by atoms with van der Waals surface area (Å²) in [4.78, 5) is 18.2. The number of urea groups is 1. The summed E-state index contributed by atoms with van der Waals surface area (Å²) in [6.07, 6.45) is 5.33. The molecule has 1 aliphatic heterocycles. The van der Waals surface area contributed by atoms with Crippen molar-refractivity contribution in [2.75, 3.05) is 41.4 Å². The zero-order chi connectivity index (χ0) is 15.9. The summed E-state index contributed by atoms with van der Waals surface area (Å²) < 4.78 is 1.92. The van der Waals surface area contributed by atoms with Crippen LogP contribution in [0, 0.1) is 0 Å². The summed E-state index contributed by atoms with van der Waals surface area (Å²) in [5, 5.41) is 5.69. The fraction of sp³-hybridized carbons (Fsp3) is 0.375. The number of carbonyl (C=O) groups excluding carboxylic acids is 1. The van der Waals surface area contributed by atoms with E-state index in [4.69, 9.17) is 0 Å². The molecule has 0 unspecified atom stereocenters. The van der Waals surface area contributed by atoms with Crippen LogP contribution in [0.1, 0.15) is 0 Å². The van der Waals surface area contributed by atoms with Crippen LogP contribution in [0.15, 0.2) is 43.0 Å². The average Bonchev–Trinajstić information content (AvgIpc) is 3.10. The molecule has 3 rings (SSSR count). The van der Waals surface area contributed by atoms with Crippen LogP contribution in [0.5, 0.6) is 0 Å². The van der Waals surface area contributed by atoms with Gasteiger partial charge in [0, 0.05) is 61.5 Å². The van der Waals surface area contributed by atoms with Crippen molar-refractivity contribution in [3.63, 3.8) is 0 Å². The van der Waals surface area contributed by atoms with Crippen LogP contribution in [0.3, 0.4) is 0 Å². The van der Waals surface area contributed by atoms with Crippen molar-refractivity contribution >= 4 is 29.2 Å². The fourth-order valence-corrected chi connectivity index (χ4v) is 3.37. The van der Waals surface area contributed by atoms with Gasteiger partial charge in [-0.05, 0) is 24.3 Å². The molecular formula is C16H21N5OS. The number of anilines is 2. The first kappa shape index (κ1) is 15.7. The van der Waals surface area contributed by atoms with Gasteiger partial charge in [-0.2, -0.15) is 11.8 Å². The highest BCUT2D eigenvalue weighted by molar-refractivity contribution is 7.99. The lowest BCUT2D eigenvalue weighted by molar-refractivity contribution is 0.251. The van der Waals surface area contributed by atoms with Crippen molar-refractivity contribution in [2.24, 2.45) is 0 Å². The molecule has 122 valence electrons. The van der Waals surface area contributed by atoms with E-state index in [9.17, 15) is 4.79 Å². The summed E-state index contributed by atoms with van der Waals surface area (Å²) in [5.74, 6) is 2.36. The molecule has 0 aliphatic carbocycles. The number of nitrogens with one attached hydrogen (secondary N) is 2. The molecule has 0 saturated carbocycles. The first-order valence-electron chi connectivity index (χ1n) is 7.74. The molecule has 7 heteroatoms. The number of imidazole rings is 1. The van der Waals surface area contributed by atoms with E-state index in [0.29, 0.717) is 13.1 Å². The Balaban J connectivity index is 1.44. The van der Waals surface area contributed by atoms with E-state index >= 15 is 0 Å². The lowest BCUT2D eigenvalue weighted by Gasteiger charge is -2.28. The molecule has 1 aliphatic rings. The SMILES string of the molecule is O=C(NCCn1ccnc1)Nc1ccc(N2CCSCC2)cc1. The van der Waals surface area contributed by atoms with Crippen LogP contribution in [0.2, 0.25) is 0 Å². The van der Waals surface area contributed by atoms with Gasteiger partial charge in [-0.3, -0.25) is 0 Å². The van der Waals surface area contributed by atoms with Crippen molar-refractivity contribution in [1.82, 2.24) is 14.9 Å². The maximum Gasteiger partial charge on any atom is 0.319 e. The Labute approximate surface area is 140 Å². The molecular weight excluding hydrogens is 310 g/mol. The zero-order valence-corrected chi connectivity index (χ0v) is 13.8. The molecule has 2 N–H and O–H groups in total. The molecule has 0 spiro atoms. The number of rotatable bonds is 5. The lowest BCUT2D eigenvalue weighted by Crippen LogP contribution is -2.32. The summed E-state index contributed by atoms with van der Waals surface area (Å²) >= 11 is 2.00. The second kappa shape index (κ2) is 7.92. The highest BCUT2D eigenvalue weighted by Crippen LogP contribution is 2.21. The molecule has 2 heterocycles. The Morgan fingerprint density at radius 2 is 2.00 bits per heavy atom. The van der Waals surface area contributed by atoms with Gasteiger partial charge in [0.15, 0.2) is 0 Å². The summed E-state index contributed by atoms with van der Waals surface area (Å²) in [6.45, 7) is 3.45. The van der Waals surface area contributed by atoms with Gasteiger partial charge in [-0.1, -0.05) is 0 Å². The lowest BCUT2D eigenvalue weighted by atomic mass is 10.2. The second-order valence-corrected chi connectivity index (χ2v) is 6.55. The topological polar surface area (TPSA) is 62.2 Å². The maximum atomic E-state index is 11.9. The van der Waals surface area contributed by atoms with Crippen LogP contribution in [0.4, 0.5) is 16.2 Å². The normalized spacial score (nSPS) is 14.5. The summed E-state index contributed by atoms with van der Waals surface area (Å²) in [6, 6.07) is 7.85. The largest absolute Gasteiger partial charge is 0.370 e. The third kappa shape index (κ3) is 4.66. The molecule has 2 amide bonds. The van der Waals surface area contributed by atoms with Crippen LogP contribution in [-0.2, 0) is 6.54 Å². The van der Waals surface area contributed by atoms with Gasteiger partial charge in [0.25, 0.3) is 0 Å². The predicted octanol–water partition coefficient (Wildman–Crippen LogP) is 2.26. The number of hydrogen-bond acceptors (Lipinski definition) is 4. The third-order valence-electron chi connectivity index (χ3n) is 3.72. The zero-order valence-electron chi connectivity index (χ0n) is 12.9. The third-order valence-corrected chi connectivity index (χ3v) is 4.66. The second-order valence-electron chi connectivity index (χ2n) is 5.33.